The highest BCUT2D eigenvalue weighted by molar-refractivity contribution is 7.91. The number of carbonyl (C=O) groups is 1. The molecule has 7 heteroatoms. The second-order valence-electron chi connectivity index (χ2n) is 6.70. The van der Waals surface area contributed by atoms with Crippen LogP contribution in [0.3, 0.4) is 0 Å². The maximum Gasteiger partial charge on any atom is 0.340 e. The van der Waals surface area contributed by atoms with Gasteiger partial charge in [-0.15, -0.1) is 0 Å². The van der Waals surface area contributed by atoms with Crippen LogP contribution in [-0.4, -0.2) is 36.8 Å². The number of hydrogen-bond acceptors (Lipinski definition) is 5. The lowest BCUT2D eigenvalue weighted by atomic mass is 10.1. The zero-order chi connectivity index (χ0) is 18.3. The number of nitrogens with zero attached hydrogens (tertiary/aromatic N) is 1. The zero-order valence-electron chi connectivity index (χ0n) is 14.0. The molecule has 0 bridgehead atoms. The van der Waals surface area contributed by atoms with Crippen LogP contribution in [0.4, 0.5) is 0 Å². The maximum absolute atomic E-state index is 12.2. The van der Waals surface area contributed by atoms with E-state index >= 15 is 0 Å². The highest BCUT2D eigenvalue weighted by atomic mass is 35.5. The van der Waals surface area contributed by atoms with Gasteiger partial charge >= 0.3 is 5.97 Å². The summed E-state index contributed by atoms with van der Waals surface area (Å²) in [6.07, 6.45) is -0.0424. The van der Waals surface area contributed by atoms with Crippen molar-refractivity contribution in [3.8, 4) is 0 Å². The molecule has 0 saturated carbocycles. The van der Waals surface area contributed by atoms with Crippen LogP contribution in [0.25, 0.3) is 0 Å². The van der Waals surface area contributed by atoms with Crippen LogP contribution in [0, 0.1) is 0 Å². The summed E-state index contributed by atoms with van der Waals surface area (Å²) in [5.41, 5.74) is 2.31. The van der Waals surface area contributed by atoms with Gasteiger partial charge in [0.2, 0.25) is 0 Å². The fourth-order valence-electron chi connectivity index (χ4n) is 3.61. The van der Waals surface area contributed by atoms with Gasteiger partial charge in [-0.3, -0.25) is 4.90 Å². The van der Waals surface area contributed by atoms with Crippen molar-refractivity contribution < 1.29 is 17.9 Å². The van der Waals surface area contributed by atoms with E-state index in [1.807, 2.05) is 29.2 Å². The minimum atomic E-state index is -3.06. The lowest BCUT2D eigenvalue weighted by Crippen LogP contribution is -2.39. The molecule has 0 aliphatic carbocycles. The Hall–Kier alpha value is -1.89. The largest absolute Gasteiger partial charge is 0.438 e. The zero-order valence-corrected chi connectivity index (χ0v) is 15.5. The predicted molar refractivity (Wildman–Crippen MR) is 98.7 cm³/mol. The number of rotatable bonds is 4. The van der Waals surface area contributed by atoms with Crippen LogP contribution in [0.2, 0.25) is 5.02 Å². The number of benzene rings is 2. The minimum absolute atomic E-state index is 0.0802. The van der Waals surface area contributed by atoms with Gasteiger partial charge in [-0.05, 0) is 30.2 Å². The fourth-order valence-corrected chi connectivity index (χ4v) is 5.48. The maximum atomic E-state index is 12.2. The SMILES string of the molecule is O=C1OC(N(Cc2ccc(Cl)cc2)C2CCS(=O)(=O)C2)c2ccccc21. The van der Waals surface area contributed by atoms with Crippen molar-refractivity contribution in [3.05, 3.63) is 70.2 Å². The number of ether oxygens (including phenoxy) is 1. The lowest BCUT2D eigenvalue weighted by Gasteiger charge is -2.33. The molecule has 2 aliphatic heterocycles. The van der Waals surface area contributed by atoms with Crippen molar-refractivity contribution >= 4 is 27.4 Å². The molecular weight excluding hydrogens is 374 g/mol. The van der Waals surface area contributed by atoms with Gasteiger partial charge in [-0.25, -0.2) is 13.2 Å². The number of sulfone groups is 1. The van der Waals surface area contributed by atoms with Crippen molar-refractivity contribution in [2.75, 3.05) is 11.5 Å². The molecular formula is C19H18ClNO4S. The molecule has 0 aromatic heterocycles. The topological polar surface area (TPSA) is 63.7 Å². The van der Waals surface area contributed by atoms with Crippen molar-refractivity contribution in [1.29, 1.82) is 0 Å². The smallest absolute Gasteiger partial charge is 0.340 e. The van der Waals surface area contributed by atoms with Gasteiger partial charge in [-0.1, -0.05) is 41.9 Å². The van der Waals surface area contributed by atoms with Crippen LogP contribution < -0.4 is 0 Å². The van der Waals surface area contributed by atoms with E-state index in [1.165, 1.54) is 0 Å². The summed E-state index contributed by atoms with van der Waals surface area (Å²) in [6, 6.07) is 14.5. The molecule has 2 aliphatic rings. The molecule has 1 saturated heterocycles. The van der Waals surface area contributed by atoms with E-state index in [0.29, 0.717) is 23.6 Å². The first-order valence-electron chi connectivity index (χ1n) is 8.43. The number of fused-ring (bicyclic) bond motifs is 1. The monoisotopic (exact) mass is 391 g/mol. The van der Waals surface area contributed by atoms with Crippen molar-refractivity contribution in [2.24, 2.45) is 0 Å². The van der Waals surface area contributed by atoms with Gasteiger partial charge < -0.3 is 4.74 Å². The fraction of sp³-hybridized carbons (Fsp3) is 0.316. The molecule has 0 radical (unpaired) electrons. The van der Waals surface area contributed by atoms with Crippen molar-refractivity contribution in [2.45, 2.75) is 25.2 Å². The van der Waals surface area contributed by atoms with E-state index in [-0.39, 0.29) is 23.5 Å². The van der Waals surface area contributed by atoms with Crippen LogP contribution in [-0.2, 0) is 21.1 Å². The van der Waals surface area contributed by atoms with E-state index in [0.717, 1.165) is 11.1 Å². The molecule has 2 heterocycles. The summed E-state index contributed by atoms with van der Waals surface area (Å²) in [6.45, 7) is 0.476. The second kappa shape index (κ2) is 6.68. The molecule has 2 atom stereocenters. The first-order valence-corrected chi connectivity index (χ1v) is 10.6. The normalized spacial score (nSPS) is 23.8. The number of halogens is 1. The van der Waals surface area contributed by atoms with E-state index in [1.54, 1.807) is 24.3 Å². The van der Waals surface area contributed by atoms with Gasteiger partial charge in [-0.2, -0.15) is 0 Å². The molecule has 136 valence electrons. The summed E-state index contributed by atoms with van der Waals surface area (Å²) < 4.78 is 29.7. The molecule has 0 amide bonds. The highest BCUT2D eigenvalue weighted by Gasteiger charge is 2.41. The molecule has 0 spiro atoms. The molecule has 4 rings (SSSR count). The molecule has 0 N–H and O–H groups in total. The molecule has 5 nitrogen and oxygen atoms in total. The van der Waals surface area contributed by atoms with Gasteiger partial charge in [0.25, 0.3) is 0 Å². The summed E-state index contributed by atoms with van der Waals surface area (Å²) >= 11 is 5.96. The third-order valence-electron chi connectivity index (χ3n) is 4.92. The Morgan fingerprint density at radius 3 is 2.54 bits per heavy atom. The minimum Gasteiger partial charge on any atom is -0.438 e. The van der Waals surface area contributed by atoms with E-state index in [4.69, 9.17) is 16.3 Å². The molecule has 2 aromatic rings. The van der Waals surface area contributed by atoms with Gasteiger partial charge in [0.15, 0.2) is 16.1 Å². The quantitative estimate of drug-likeness (QED) is 0.749. The summed E-state index contributed by atoms with van der Waals surface area (Å²) in [5, 5.41) is 0.640. The van der Waals surface area contributed by atoms with Crippen LogP contribution in [0.5, 0.6) is 0 Å². The lowest BCUT2D eigenvalue weighted by molar-refractivity contribution is -0.0424. The summed E-state index contributed by atoms with van der Waals surface area (Å²) in [5.74, 6) is -0.124. The molecule has 1 fully saturated rings. The Morgan fingerprint density at radius 1 is 1.12 bits per heavy atom. The Balaban J connectivity index is 1.69. The Morgan fingerprint density at radius 2 is 1.85 bits per heavy atom. The van der Waals surface area contributed by atoms with Gasteiger partial charge in [0, 0.05) is 23.2 Å². The van der Waals surface area contributed by atoms with Crippen molar-refractivity contribution in [1.82, 2.24) is 4.90 Å². The first kappa shape index (κ1) is 17.5. The van der Waals surface area contributed by atoms with E-state index < -0.39 is 16.1 Å². The average Bonchev–Trinajstić information content (AvgIpc) is 3.15. The van der Waals surface area contributed by atoms with Crippen molar-refractivity contribution in [3.63, 3.8) is 0 Å². The number of cyclic esters (lactones) is 1. The number of esters is 1. The predicted octanol–water partition coefficient (Wildman–Crippen LogP) is 3.20. The average molecular weight is 392 g/mol. The highest BCUT2D eigenvalue weighted by Crippen LogP contribution is 2.37. The van der Waals surface area contributed by atoms with Crippen LogP contribution in [0.1, 0.15) is 34.1 Å². The molecule has 2 aromatic carbocycles. The van der Waals surface area contributed by atoms with E-state index in [9.17, 15) is 13.2 Å². The first-order chi connectivity index (χ1) is 12.4. The number of hydrogen-bond donors (Lipinski definition) is 0. The third-order valence-corrected chi connectivity index (χ3v) is 6.92. The molecule has 26 heavy (non-hydrogen) atoms. The van der Waals surface area contributed by atoms with Gasteiger partial charge in [0.05, 0.1) is 17.1 Å². The Bertz CT molecular complexity index is 942. The van der Waals surface area contributed by atoms with E-state index in [2.05, 4.69) is 0 Å². The van der Waals surface area contributed by atoms with Gasteiger partial charge in [0.1, 0.15) is 0 Å². The standard InChI is InChI=1S/C19H18ClNO4S/c20-14-7-5-13(6-8-14)11-21(15-9-10-26(23,24)12-15)18-16-3-1-2-4-17(16)19(22)25-18/h1-8,15,18H,9-12H2. The Kier molecular flexibility index (Phi) is 4.50. The summed E-state index contributed by atoms with van der Waals surface area (Å²) in [7, 11) is -3.06. The molecule has 2 unspecified atom stereocenters. The van der Waals surface area contributed by atoms with Crippen LogP contribution >= 0.6 is 11.6 Å². The second-order valence-corrected chi connectivity index (χ2v) is 9.37. The summed E-state index contributed by atoms with van der Waals surface area (Å²) in [4.78, 5) is 14.2. The number of carbonyl (C=O) groups excluding carboxylic acids is 1. The van der Waals surface area contributed by atoms with Crippen LogP contribution in [0.15, 0.2) is 48.5 Å². The Labute approximate surface area is 157 Å². The third kappa shape index (κ3) is 3.37.